The highest BCUT2D eigenvalue weighted by Crippen LogP contribution is 2.19. The van der Waals surface area contributed by atoms with Crippen molar-refractivity contribution in [2.75, 3.05) is 6.54 Å². The van der Waals surface area contributed by atoms with Crippen molar-refractivity contribution in [2.45, 2.75) is 18.9 Å². The Hall–Kier alpha value is -0.600. The summed E-state index contributed by atoms with van der Waals surface area (Å²) >= 11 is 0. The predicted octanol–water partition coefficient (Wildman–Crippen LogP) is 0.754. The van der Waals surface area contributed by atoms with Crippen LogP contribution in [-0.4, -0.2) is 12.6 Å². The molecular formula is C8H11N2. The molecule has 0 fully saturated rings. The molecule has 1 aliphatic heterocycles. The predicted molar refractivity (Wildman–Crippen MR) is 40.4 cm³/mol. The number of hydrogen-bond acceptors (Lipinski definition) is 1. The normalized spacial score (nSPS) is 31.2. The van der Waals surface area contributed by atoms with E-state index in [4.69, 9.17) is 0 Å². The molecule has 0 aromatic heterocycles. The lowest BCUT2D eigenvalue weighted by atomic mass is 9.95. The molecule has 1 radical (unpaired) electrons. The highest BCUT2D eigenvalue weighted by molar-refractivity contribution is 5.22. The van der Waals surface area contributed by atoms with E-state index in [0.29, 0.717) is 6.04 Å². The van der Waals surface area contributed by atoms with Gasteiger partial charge in [0, 0.05) is 6.54 Å². The van der Waals surface area contributed by atoms with Crippen LogP contribution in [0.5, 0.6) is 0 Å². The van der Waals surface area contributed by atoms with E-state index in [1.165, 1.54) is 5.57 Å². The van der Waals surface area contributed by atoms with Crippen molar-refractivity contribution in [3.63, 3.8) is 0 Å². The van der Waals surface area contributed by atoms with E-state index >= 15 is 0 Å². The van der Waals surface area contributed by atoms with Gasteiger partial charge in [0.15, 0.2) is 0 Å². The van der Waals surface area contributed by atoms with Gasteiger partial charge in [0.1, 0.15) is 0 Å². The molecular weight excluding hydrogens is 124 g/mol. The van der Waals surface area contributed by atoms with Crippen LogP contribution in [0, 0.1) is 0 Å². The molecule has 10 heavy (non-hydrogen) atoms. The summed E-state index contributed by atoms with van der Waals surface area (Å²) in [6, 6.07) is 0.443. The zero-order chi connectivity index (χ0) is 6.81. The van der Waals surface area contributed by atoms with E-state index in [1.807, 2.05) is 0 Å². The quantitative estimate of drug-likeness (QED) is 0.487. The molecule has 0 bridgehead atoms. The van der Waals surface area contributed by atoms with E-state index in [0.717, 1.165) is 19.4 Å². The molecule has 0 spiro atoms. The lowest BCUT2D eigenvalue weighted by Crippen LogP contribution is -2.39. The van der Waals surface area contributed by atoms with Gasteiger partial charge in [-0.1, -0.05) is 18.2 Å². The maximum atomic E-state index is 4.28. The number of rotatable bonds is 0. The largest absolute Gasteiger partial charge is 0.236 e. The van der Waals surface area contributed by atoms with E-state index in [2.05, 4.69) is 29.1 Å². The van der Waals surface area contributed by atoms with Gasteiger partial charge in [-0.3, -0.25) is 0 Å². The Kier molecular flexibility index (Phi) is 1.57. The molecule has 2 rings (SSSR count). The number of fused-ring (bicyclic) bond motifs is 1. The van der Waals surface area contributed by atoms with Gasteiger partial charge in [-0.15, -0.1) is 0 Å². The van der Waals surface area contributed by atoms with Gasteiger partial charge in [0.25, 0.3) is 0 Å². The topological polar surface area (TPSA) is 26.1 Å². The van der Waals surface area contributed by atoms with E-state index < -0.39 is 0 Å². The number of nitrogens with one attached hydrogen (secondary N) is 1. The SMILES string of the molecule is C1=CCC2[N]NCC=C2C1. The summed E-state index contributed by atoms with van der Waals surface area (Å²) in [5.74, 6) is 0. The third kappa shape index (κ3) is 1.00. The van der Waals surface area contributed by atoms with Crippen LogP contribution < -0.4 is 10.9 Å². The van der Waals surface area contributed by atoms with Gasteiger partial charge in [0.05, 0.1) is 6.04 Å². The monoisotopic (exact) mass is 135 g/mol. The van der Waals surface area contributed by atoms with Gasteiger partial charge in [-0.05, 0) is 18.4 Å². The van der Waals surface area contributed by atoms with E-state index in [-0.39, 0.29) is 0 Å². The fraction of sp³-hybridized carbons (Fsp3) is 0.500. The zero-order valence-electron chi connectivity index (χ0n) is 5.88. The average molecular weight is 135 g/mol. The third-order valence-electron chi connectivity index (χ3n) is 2.01. The van der Waals surface area contributed by atoms with Crippen molar-refractivity contribution < 1.29 is 0 Å². The first kappa shape index (κ1) is 6.13. The van der Waals surface area contributed by atoms with Crippen LogP contribution in [0.1, 0.15) is 12.8 Å². The van der Waals surface area contributed by atoms with Crippen LogP contribution in [0.4, 0.5) is 0 Å². The second-order valence-electron chi connectivity index (χ2n) is 2.70. The second-order valence-corrected chi connectivity index (χ2v) is 2.70. The summed E-state index contributed by atoms with van der Waals surface area (Å²) in [7, 11) is 0. The van der Waals surface area contributed by atoms with E-state index in [1.54, 1.807) is 0 Å². The van der Waals surface area contributed by atoms with E-state index in [9.17, 15) is 0 Å². The van der Waals surface area contributed by atoms with Gasteiger partial charge in [-0.25, -0.2) is 5.43 Å². The minimum Gasteiger partial charge on any atom is -0.236 e. The summed E-state index contributed by atoms with van der Waals surface area (Å²) in [6.07, 6.45) is 8.87. The van der Waals surface area contributed by atoms with Gasteiger partial charge >= 0.3 is 0 Å². The molecule has 0 saturated carbocycles. The number of nitrogens with zero attached hydrogens (tertiary/aromatic N) is 1. The average Bonchev–Trinajstić information content (AvgIpc) is 2.05. The molecule has 1 aliphatic carbocycles. The summed E-state index contributed by atoms with van der Waals surface area (Å²) in [6.45, 7) is 0.916. The Morgan fingerprint density at radius 3 is 3.40 bits per heavy atom. The van der Waals surface area contributed by atoms with Crippen LogP contribution >= 0.6 is 0 Å². The molecule has 2 heteroatoms. The zero-order valence-corrected chi connectivity index (χ0v) is 5.88. The first-order valence-electron chi connectivity index (χ1n) is 3.73. The molecule has 0 amide bonds. The Labute approximate surface area is 61.0 Å². The van der Waals surface area contributed by atoms with Crippen LogP contribution in [-0.2, 0) is 0 Å². The minimum atomic E-state index is 0.443. The molecule has 1 heterocycles. The number of allylic oxidation sites excluding steroid dienone is 1. The Morgan fingerprint density at radius 2 is 2.50 bits per heavy atom. The summed E-state index contributed by atoms with van der Waals surface area (Å²) in [5.41, 5.74) is 8.77. The third-order valence-corrected chi connectivity index (χ3v) is 2.01. The molecule has 1 N–H and O–H groups in total. The number of hydrogen-bond donors (Lipinski definition) is 1. The summed E-state index contributed by atoms with van der Waals surface area (Å²) in [4.78, 5) is 0. The molecule has 2 aliphatic rings. The lowest BCUT2D eigenvalue weighted by molar-refractivity contribution is 0.443. The molecule has 0 aromatic carbocycles. The van der Waals surface area contributed by atoms with Crippen molar-refractivity contribution in [1.29, 1.82) is 0 Å². The van der Waals surface area contributed by atoms with Crippen molar-refractivity contribution in [1.82, 2.24) is 10.9 Å². The lowest BCUT2D eigenvalue weighted by Gasteiger charge is -2.25. The first-order chi connectivity index (χ1) is 4.97. The van der Waals surface area contributed by atoms with Crippen LogP contribution in [0.3, 0.4) is 0 Å². The molecule has 1 atom stereocenters. The highest BCUT2D eigenvalue weighted by Gasteiger charge is 2.17. The van der Waals surface area contributed by atoms with Crippen molar-refractivity contribution in [3.8, 4) is 0 Å². The molecule has 53 valence electrons. The summed E-state index contributed by atoms with van der Waals surface area (Å²) < 4.78 is 0. The van der Waals surface area contributed by atoms with Crippen molar-refractivity contribution in [3.05, 3.63) is 23.8 Å². The Morgan fingerprint density at radius 1 is 1.50 bits per heavy atom. The fourth-order valence-corrected chi connectivity index (χ4v) is 1.43. The van der Waals surface area contributed by atoms with Crippen LogP contribution in [0.15, 0.2) is 23.8 Å². The van der Waals surface area contributed by atoms with Crippen molar-refractivity contribution in [2.24, 2.45) is 0 Å². The first-order valence-corrected chi connectivity index (χ1v) is 3.73. The van der Waals surface area contributed by atoms with Gasteiger partial charge in [-0.2, -0.15) is 5.43 Å². The Bertz CT molecular complexity index is 182. The maximum Gasteiger partial charge on any atom is 0.0663 e. The molecule has 0 saturated heterocycles. The Balaban J connectivity index is 2.17. The van der Waals surface area contributed by atoms with Crippen molar-refractivity contribution >= 4 is 0 Å². The highest BCUT2D eigenvalue weighted by atomic mass is 15.4. The molecule has 2 nitrogen and oxygen atoms in total. The molecule has 0 aromatic rings. The fourth-order valence-electron chi connectivity index (χ4n) is 1.43. The van der Waals surface area contributed by atoms with Gasteiger partial charge < -0.3 is 0 Å². The van der Waals surface area contributed by atoms with Crippen LogP contribution in [0.25, 0.3) is 0 Å². The minimum absolute atomic E-state index is 0.443. The standard InChI is InChI=1S/C8H11N2/c1-2-4-8-7(3-1)5-6-9-10-8/h1-2,5,8-9H,3-4,6H2. The maximum absolute atomic E-state index is 4.28. The second kappa shape index (κ2) is 2.56. The van der Waals surface area contributed by atoms with Gasteiger partial charge in [0.2, 0.25) is 0 Å². The summed E-state index contributed by atoms with van der Waals surface area (Å²) in [5, 5.41) is 0. The molecule has 1 unspecified atom stereocenters. The smallest absolute Gasteiger partial charge is 0.0663 e. The van der Waals surface area contributed by atoms with Crippen LogP contribution in [0.2, 0.25) is 0 Å².